The van der Waals surface area contributed by atoms with E-state index in [4.69, 9.17) is 9.47 Å². The number of fused-ring (bicyclic) bond motifs is 1. The molecule has 1 atom stereocenters. The van der Waals surface area contributed by atoms with Crippen molar-refractivity contribution >= 4 is 17.4 Å². The lowest BCUT2D eigenvalue weighted by molar-refractivity contribution is -0.139. The molecule has 2 heterocycles. The minimum absolute atomic E-state index is 0.108. The number of unbranched alkanes of at least 4 members (excludes halogenated alkanes) is 2. The average Bonchev–Trinajstić information content (AvgIpc) is 3.31. The molecule has 1 unspecified atom stereocenters. The molecule has 2 aliphatic rings. The third-order valence-corrected chi connectivity index (χ3v) is 5.30. The van der Waals surface area contributed by atoms with E-state index in [0.29, 0.717) is 23.6 Å². The van der Waals surface area contributed by atoms with E-state index in [1.807, 2.05) is 30.3 Å². The van der Waals surface area contributed by atoms with Crippen molar-refractivity contribution in [2.75, 3.05) is 13.3 Å². The Morgan fingerprint density at radius 2 is 1.83 bits per heavy atom. The van der Waals surface area contributed by atoms with Gasteiger partial charge in [0.15, 0.2) is 11.5 Å². The first-order chi connectivity index (χ1) is 14.1. The molecule has 1 N–H and O–H groups in total. The normalized spacial score (nSPS) is 19.8. The number of rotatable bonds is 6. The highest BCUT2D eigenvalue weighted by molar-refractivity contribution is 6.46. The predicted molar refractivity (Wildman–Crippen MR) is 108 cm³/mol. The molecule has 0 bridgehead atoms. The standard InChI is InChI=1S/C23H23NO5/c1-2-3-7-12-24-20(15-8-5-4-6-9-15)19(22(26)23(24)27)21(25)16-10-11-17-18(13-16)29-14-28-17/h4-6,8-11,13,20,25H,2-3,7,12,14H2,1H3/b21-19-. The van der Waals surface area contributed by atoms with Gasteiger partial charge in [0.25, 0.3) is 11.7 Å². The van der Waals surface area contributed by atoms with Crippen LogP contribution >= 0.6 is 0 Å². The minimum Gasteiger partial charge on any atom is -0.507 e. The summed E-state index contributed by atoms with van der Waals surface area (Å²) in [6, 6.07) is 13.7. The molecule has 0 spiro atoms. The van der Waals surface area contributed by atoms with Gasteiger partial charge < -0.3 is 19.5 Å². The first kappa shape index (κ1) is 19.1. The maximum absolute atomic E-state index is 12.9. The predicted octanol–water partition coefficient (Wildman–Crippen LogP) is 4.03. The van der Waals surface area contributed by atoms with Crippen LogP contribution in [-0.4, -0.2) is 35.0 Å². The smallest absolute Gasteiger partial charge is 0.295 e. The Kier molecular flexibility index (Phi) is 5.25. The van der Waals surface area contributed by atoms with Gasteiger partial charge in [-0.05, 0) is 30.2 Å². The van der Waals surface area contributed by atoms with E-state index in [9.17, 15) is 14.7 Å². The Morgan fingerprint density at radius 1 is 1.07 bits per heavy atom. The summed E-state index contributed by atoms with van der Waals surface area (Å²) >= 11 is 0. The van der Waals surface area contributed by atoms with Crippen LogP contribution in [0.5, 0.6) is 11.5 Å². The Bertz CT molecular complexity index is 966. The molecule has 6 heteroatoms. The van der Waals surface area contributed by atoms with Gasteiger partial charge in [0.1, 0.15) is 5.76 Å². The van der Waals surface area contributed by atoms with Gasteiger partial charge in [0, 0.05) is 12.1 Å². The molecule has 4 rings (SSSR count). The topological polar surface area (TPSA) is 76.1 Å². The van der Waals surface area contributed by atoms with E-state index in [-0.39, 0.29) is 18.1 Å². The summed E-state index contributed by atoms with van der Waals surface area (Å²) in [5.41, 5.74) is 1.32. The van der Waals surface area contributed by atoms with Gasteiger partial charge in [-0.15, -0.1) is 0 Å². The van der Waals surface area contributed by atoms with Crippen LogP contribution in [0.25, 0.3) is 5.76 Å². The van der Waals surface area contributed by atoms with Gasteiger partial charge in [-0.1, -0.05) is 50.1 Å². The lowest BCUT2D eigenvalue weighted by atomic mass is 9.95. The van der Waals surface area contributed by atoms with Crippen LogP contribution in [0.4, 0.5) is 0 Å². The van der Waals surface area contributed by atoms with E-state index < -0.39 is 17.7 Å². The number of ketones is 1. The number of ether oxygens (including phenoxy) is 2. The molecule has 0 saturated carbocycles. The van der Waals surface area contributed by atoms with Crippen molar-refractivity contribution < 1.29 is 24.2 Å². The molecule has 0 radical (unpaired) electrons. The average molecular weight is 393 g/mol. The number of nitrogens with zero attached hydrogens (tertiary/aromatic N) is 1. The third kappa shape index (κ3) is 3.46. The second kappa shape index (κ2) is 7.99. The van der Waals surface area contributed by atoms with Crippen molar-refractivity contribution in [1.82, 2.24) is 4.90 Å². The molecular weight excluding hydrogens is 370 g/mol. The van der Waals surface area contributed by atoms with Gasteiger partial charge in [0.2, 0.25) is 6.79 Å². The van der Waals surface area contributed by atoms with E-state index >= 15 is 0 Å². The molecular formula is C23H23NO5. The number of hydrogen-bond donors (Lipinski definition) is 1. The van der Waals surface area contributed by atoms with Crippen molar-refractivity contribution in [1.29, 1.82) is 0 Å². The Hall–Kier alpha value is -3.28. The molecule has 2 aromatic rings. The first-order valence-electron chi connectivity index (χ1n) is 9.85. The summed E-state index contributed by atoms with van der Waals surface area (Å²) in [5, 5.41) is 11.0. The largest absolute Gasteiger partial charge is 0.507 e. The lowest BCUT2D eigenvalue weighted by Crippen LogP contribution is -2.30. The summed E-state index contributed by atoms with van der Waals surface area (Å²) in [6.07, 6.45) is 2.78. The van der Waals surface area contributed by atoms with E-state index in [1.165, 1.54) is 0 Å². The number of carbonyl (C=O) groups excluding carboxylic acids is 2. The number of benzene rings is 2. The number of carbonyl (C=O) groups is 2. The number of Topliss-reactive ketones (excluding diaryl/α,β-unsaturated/α-hetero) is 1. The summed E-state index contributed by atoms with van der Waals surface area (Å²) in [4.78, 5) is 27.3. The zero-order chi connectivity index (χ0) is 20.4. The van der Waals surface area contributed by atoms with Crippen LogP contribution in [0.2, 0.25) is 0 Å². The SMILES string of the molecule is CCCCCN1C(=O)C(=O)/C(=C(\O)c2ccc3c(c2)OCO3)C1c1ccccc1. The number of amides is 1. The van der Waals surface area contributed by atoms with Crippen molar-refractivity contribution in [2.45, 2.75) is 32.2 Å². The molecule has 2 aliphatic heterocycles. The molecule has 29 heavy (non-hydrogen) atoms. The Labute approximate surface area is 169 Å². The number of aliphatic hydroxyl groups is 1. The fraction of sp³-hybridized carbons (Fsp3) is 0.304. The molecule has 6 nitrogen and oxygen atoms in total. The maximum atomic E-state index is 12.9. The Balaban J connectivity index is 1.79. The summed E-state index contributed by atoms with van der Waals surface area (Å²) < 4.78 is 10.7. The van der Waals surface area contributed by atoms with Crippen LogP contribution in [-0.2, 0) is 9.59 Å². The number of hydrogen-bond acceptors (Lipinski definition) is 5. The van der Waals surface area contributed by atoms with Crippen LogP contribution in [0.1, 0.15) is 43.4 Å². The number of likely N-dealkylation sites (tertiary alicyclic amines) is 1. The molecule has 1 amide bonds. The van der Waals surface area contributed by atoms with Gasteiger partial charge in [-0.2, -0.15) is 0 Å². The number of aliphatic hydroxyl groups excluding tert-OH is 1. The van der Waals surface area contributed by atoms with Gasteiger partial charge >= 0.3 is 0 Å². The van der Waals surface area contributed by atoms with E-state index in [2.05, 4.69) is 6.92 Å². The fourth-order valence-corrected chi connectivity index (χ4v) is 3.82. The van der Waals surface area contributed by atoms with Crippen LogP contribution in [0.15, 0.2) is 54.1 Å². The fourth-order valence-electron chi connectivity index (χ4n) is 3.82. The van der Waals surface area contributed by atoms with Crippen molar-refractivity contribution in [3.05, 3.63) is 65.2 Å². The van der Waals surface area contributed by atoms with E-state index in [0.717, 1.165) is 24.8 Å². The third-order valence-electron chi connectivity index (χ3n) is 5.30. The van der Waals surface area contributed by atoms with Gasteiger partial charge in [0.05, 0.1) is 11.6 Å². The quantitative estimate of drug-likeness (QED) is 0.347. The summed E-state index contributed by atoms with van der Waals surface area (Å²) in [5.74, 6) is -0.347. The van der Waals surface area contributed by atoms with Crippen molar-refractivity contribution in [3.8, 4) is 11.5 Å². The minimum atomic E-state index is -0.662. The highest BCUT2D eigenvalue weighted by atomic mass is 16.7. The molecule has 2 aromatic carbocycles. The second-order valence-corrected chi connectivity index (χ2v) is 7.18. The van der Waals surface area contributed by atoms with Gasteiger partial charge in [-0.25, -0.2) is 0 Å². The zero-order valence-corrected chi connectivity index (χ0v) is 16.3. The Morgan fingerprint density at radius 3 is 2.59 bits per heavy atom. The molecule has 0 aliphatic carbocycles. The molecule has 0 aromatic heterocycles. The van der Waals surface area contributed by atoms with Crippen LogP contribution in [0, 0.1) is 0 Å². The molecule has 1 saturated heterocycles. The van der Waals surface area contributed by atoms with Gasteiger partial charge in [-0.3, -0.25) is 9.59 Å². The highest BCUT2D eigenvalue weighted by Crippen LogP contribution is 2.41. The first-order valence-corrected chi connectivity index (χ1v) is 9.85. The molecule has 1 fully saturated rings. The highest BCUT2D eigenvalue weighted by Gasteiger charge is 2.45. The maximum Gasteiger partial charge on any atom is 0.295 e. The molecule has 150 valence electrons. The van der Waals surface area contributed by atoms with Crippen molar-refractivity contribution in [2.24, 2.45) is 0 Å². The monoisotopic (exact) mass is 393 g/mol. The van der Waals surface area contributed by atoms with Crippen LogP contribution < -0.4 is 9.47 Å². The summed E-state index contributed by atoms with van der Waals surface area (Å²) in [7, 11) is 0. The van der Waals surface area contributed by atoms with Crippen LogP contribution in [0.3, 0.4) is 0 Å². The second-order valence-electron chi connectivity index (χ2n) is 7.18. The summed E-state index contributed by atoms with van der Waals surface area (Å²) in [6.45, 7) is 2.67. The van der Waals surface area contributed by atoms with Crippen molar-refractivity contribution in [3.63, 3.8) is 0 Å². The lowest BCUT2D eigenvalue weighted by Gasteiger charge is -2.25. The zero-order valence-electron chi connectivity index (χ0n) is 16.3. The van der Waals surface area contributed by atoms with E-state index in [1.54, 1.807) is 23.1 Å².